The molecule has 0 aromatic carbocycles. The summed E-state index contributed by atoms with van der Waals surface area (Å²) in [6.07, 6.45) is 2.99. The highest BCUT2D eigenvalue weighted by molar-refractivity contribution is 5.49. The Morgan fingerprint density at radius 1 is 1.64 bits per heavy atom. The van der Waals surface area contributed by atoms with E-state index in [1.807, 2.05) is 0 Å². The standard InChI is InChI=1S/C8H8FNO/c9-7-3-1-5-10-8(7)4-2-6-11/h1,3,5-6H,2,4H2. The zero-order valence-corrected chi connectivity index (χ0v) is 5.96. The first-order chi connectivity index (χ1) is 5.34. The van der Waals surface area contributed by atoms with Crippen LogP contribution in [0.25, 0.3) is 0 Å². The van der Waals surface area contributed by atoms with Gasteiger partial charge in [0, 0.05) is 12.6 Å². The Bertz CT molecular complexity index is 250. The molecule has 0 bridgehead atoms. The number of aryl methyl sites for hydroxylation is 1. The maximum Gasteiger partial charge on any atom is 0.144 e. The van der Waals surface area contributed by atoms with Gasteiger partial charge in [-0.15, -0.1) is 0 Å². The highest BCUT2D eigenvalue weighted by Gasteiger charge is 1.99. The monoisotopic (exact) mass is 153 g/mol. The van der Waals surface area contributed by atoms with Gasteiger partial charge in [-0.3, -0.25) is 4.98 Å². The number of rotatable bonds is 3. The molecule has 0 unspecified atom stereocenters. The van der Waals surface area contributed by atoms with Gasteiger partial charge in [-0.05, 0) is 18.6 Å². The minimum absolute atomic E-state index is 0.327. The molecule has 0 aliphatic carbocycles. The van der Waals surface area contributed by atoms with Crippen molar-refractivity contribution in [2.75, 3.05) is 0 Å². The molecule has 0 radical (unpaired) electrons. The van der Waals surface area contributed by atoms with Crippen LogP contribution in [0.4, 0.5) is 4.39 Å². The second kappa shape index (κ2) is 3.81. The number of aromatic nitrogens is 1. The average Bonchev–Trinajstić information content (AvgIpc) is 2.03. The fraction of sp³-hybridized carbons (Fsp3) is 0.250. The van der Waals surface area contributed by atoms with Crippen molar-refractivity contribution in [3.05, 3.63) is 29.8 Å². The second-order valence-corrected chi connectivity index (χ2v) is 2.14. The lowest BCUT2D eigenvalue weighted by Crippen LogP contribution is -1.94. The smallest absolute Gasteiger partial charge is 0.144 e. The summed E-state index contributed by atoms with van der Waals surface area (Å²) in [6.45, 7) is 0. The molecule has 1 aromatic rings. The molecular weight excluding hydrogens is 145 g/mol. The zero-order chi connectivity index (χ0) is 8.10. The average molecular weight is 153 g/mol. The molecule has 0 atom stereocenters. The van der Waals surface area contributed by atoms with Crippen LogP contribution in [0, 0.1) is 5.82 Å². The van der Waals surface area contributed by atoms with E-state index in [4.69, 9.17) is 0 Å². The van der Waals surface area contributed by atoms with Crippen molar-refractivity contribution in [3.63, 3.8) is 0 Å². The summed E-state index contributed by atoms with van der Waals surface area (Å²) >= 11 is 0. The third-order valence-corrected chi connectivity index (χ3v) is 1.33. The van der Waals surface area contributed by atoms with Crippen LogP contribution in [0.5, 0.6) is 0 Å². The van der Waals surface area contributed by atoms with Crippen molar-refractivity contribution >= 4 is 6.29 Å². The van der Waals surface area contributed by atoms with Crippen LogP contribution in [-0.2, 0) is 11.2 Å². The molecule has 1 aromatic heterocycles. The summed E-state index contributed by atoms with van der Waals surface area (Å²) in [5.74, 6) is -0.339. The summed E-state index contributed by atoms with van der Waals surface area (Å²) in [7, 11) is 0. The largest absolute Gasteiger partial charge is 0.303 e. The Morgan fingerprint density at radius 2 is 2.45 bits per heavy atom. The number of pyridine rings is 1. The van der Waals surface area contributed by atoms with E-state index in [9.17, 15) is 9.18 Å². The van der Waals surface area contributed by atoms with Crippen LogP contribution in [0.2, 0.25) is 0 Å². The summed E-state index contributed by atoms with van der Waals surface area (Å²) in [4.78, 5) is 13.7. The van der Waals surface area contributed by atoms with E-state index >= 15 is 0 Å². The Kier molecular flexibility index (Phi) is 2.72. The fourth-order valence-electron chi connectivity index (χ4n) is 0.798. The van der Waals surface area contributed by atoms with Crippen LogP contribution >= 0.6 is 0 Å². The van der Waals surface area contributed by atoms with Gasteiger partial charge in [0.05, 0.1) is 5.69 Å². The molecule has 3 heteroatoms. The van der Waals surface area contributed by atoms with E-state index in [2.05, 4.69) is 4.98 Å². The van der Waals surface area contributed by atoms with Crippen LogP contribution in [0.1, 0.15) is 12.1 Å². The SMILES string of the molecule is O=CCCc1ncccc1F. The molecule has 0 N–H and O–H groups in total. The van der Waals surface area contributed by atoms with Crippen molar-refractivity contribution in [2.24, 2.45) is 0 Å². The van der Waals surface area contributed by atoms with Crippen molar-refractivity contribution in [2.45, 2.75) is 12.8 Å². The van der Waals surface area contributed by atoms with Crippen molar-refractivity contribution in [3.8, 4) is 0 Å². The Balaban J connectivity index is 2.69. The number of carbonyl (C=O) groups excluding carboxylic acids is 1. The van der Waals surface area contributed by atoms with Gasteiger partial charge < -0.3 is 4.79 Å². The van der Waals surface area contributed by atoms with Gasteiger partial charge in [-0.2, -0.15) is 0 Å². The normalized spacial score (nSPS) is 9.55. The predicted molar refractivity (Wildman–Crippen MR) is 38.6 cm³/mol. The number of hydrogen-bond donors (Lipinski definition) is 0. The van der Waals surface area contributed by atoms with Crippen LogP contribution < -0.4 is 0 Å². The van der Waals surface area contributed by atoms with Crippen molar-refractivity contribution < 1.29 is 9.18 Å². The first kappa shape index (κ1) is 7.85. The lowest BCUT2D eigenvalue weighted by atomic mass is 10.2. The van der Waals surface area contributed by atoms with Gasteiger partial charge in [0.15, 0.2) is 0 Å². The lowest BCUT2D eigenvalue weighted by Gasteiger charge is -1.96. The van der Waals surface area contributed by atoms with E-state index < -0.39 is 0 Å². The second-order valence-electron chi connectivity index (χ2n) is 2.14. The molecule has 0 fully saturated rings. The molecule has 0 saturated carbocycles. The number of halogens is 1. The minimum atomic E-state index is -0.339. The number of nitrogens with zero attached hydrogens (tertiary/aromatic N) is 1. The van der Waals surface area contributed by atoms with Crippen LogP contribution in [0.3, 0.4) is 0 Å². The first-order valence-electron chi connectivity index (χ1n) is 3.37. The quantitative estimate of drug-likeness (QED) is 0.613. The first-order valence-corrected chi connectivity index (χ1v) is 3.37. The molecule has 58 valence electrons. The molecule has 11 heavy (non-hydrogen) atoms. The number of hydrogen-bond acceptors (Lipinski definition) is 2. The summed E-state index contributed by atoms with van der Waals surface area (Å²) in [5.41, 5.74) is 0.361. The Labute approximate surface area is 64.1 Å². The highest BCUT2D eigenvalue weighted by atomic mass is 19.1. The molecule has 1 heterocycles. The maximum absolute atomic E-state index is 12.7. The molecule has 1 rings (SSSR count). The molecule has 0 spiro atoms. The van der Waals surface area contributed by atoms with Gasteiger partial charge in [0.25, 0.3) is 0 Å². The summed E-state index contributed by atoms with van der Waals surface area (Å²) < 4.78 is 12.7. The Hall–Kier alpha value is -1.25. The third kappa shape index (κ3) is 2.11. The van der Waals surface area contributed by atoms with E-state index in [1.165, 1.54) is 18.3 Å². The van der Waals surface area contributed by atoms with Crippen molar-refractivity contribution in [1.82, 2.24) is 4.98 Å². The molecule has 0 amide bonds. The summed E-state index contributed by atoms with van der Waals surface area (Å²) in [6, 6.07) is 2.87. The number of carbonyl (C=O) groups is 1. The van der Waals surface area contributed by atoms with Gasteiger partial charge >= 0.3 is 0 Å². The number of aldehydes is 1. The van der Waals surface area contributed by atoms with Gasteiger partial charge in [0.2, 0.25) is 0 Å². The van der Waals surface area contributed by atoms with Crippen molar-refractivity contribution in [1.29, 1.82) is 0 Å². The van der Waals surface area contributed by atoms with E-state index in [1.54, 1.807) is 0 Å². The van der Waals surface area contributed by atoms with E-state index in [0.717, 1.165) is 6.29 Å². The van der Waals surface area contributed by atoms with E-state index in [-0.39, 0.29) is 5.82 Å². The van der Waals surface area contributed by atoms with Crippen LogP contribution in [0.15, 0.2) is 18.3 Å². The Morgan fingerprint density at radius 3 is 3.09 bits per heavy atom. The molecular formula is C8H8FNO. The molecule has 0 aliphatic rings. The topological polar surface area (TPSA) is 30.0 Å². The maximum atomic E-state index is 12.7. The molecule has 2 nitrogen and oxygen atoms in total. The van der Waals surface area contributed by atoms with Crippen LogP contribution in [-0.4, -0.2) is 11.3 Å². The lowest BCUT2D eigenvalue weighted by molar-refractivity contribution is -0.107. The minimum Gasteiger partial charge on any atom is -0.303 e. The molecule has 0 aliphatic heterocycles. The van der Waals surface area contributed by atoms with Gasteiger partial charge in [-0.25, -0.2) is 4.39 Å². The highest BCUT2D eigenvalue weighted by Crippen LogP contribution is 2.03. The molecule has 0 saturated heterocycles. The van der Waals surface area contributed by atoms with E-state index in [0.29, 0.717) is 18.5 Å². The predicted octanol–water partition coefficient (Wildman–Crippen LogP) is 1.35. The summed E-state index contributed by atoms with van der Waals surface area (Å²) in [5, 5.41) is 0. The third-order valence-electron chi connectivity index (χ3n) is 1.33. The van der Waals surface area contributed by atoms with Gasteiger partial charge in [-0.1, -0.05) is 0 Å². The van der Waals surface area contributed by atoms with Gasteiger partial charge in [0.1, 0.15) is 12.1 Å². The fourth-order valence-corrected chi connectivity index (χ4v) is 0.798. The zero-order valence-electron chi connectivity index (χ0n) is 5.96.